The molecule has 0 bridgehead atoms. The molecule has 0 saturated carbocycles. The van der Waals surface area contributed by atoms with Crippen molar-refractivity contribution in [2.24, 2.45) is 11.8 Å². The molecule has 1 heterocycles. The Balaban J connectivity index is 1.92. The highest BCUT2D eigenvalue weighted by molar-refractivity contribution is 7.99. The van der Waals surface area contributed by atoms with Crippen molar-refractivity contribution in [1.29, 1.82) is 0 Å². The number of nitrogens with zero attached hydrogens (tertiary/aromatic N) is 1. The van der Waals surface area contributed by atoms with Crippen LogP contribution in [0, 0.1) is 17.7 Å². The number of amides is 1. The molecule has 1 aromatic rings. The topological polar surface area (TPSA) is 57.6 Å². The molecule has 6 heteroatoms. The first kappa shape index (κ1) is 17.8. The van der Waals surface area contributed by atoms with Crippen LogP contribution in [0.1, 0.15) is 26.7 Å². The Hall–Kier alpha value is -1.56. The smallest absolute Gasteiger partial charge is 0.308 e. The second-order valence-electron chi connectivity index (χ2n) is 6.12. The van der Waals surface area contributed by atoms with E-state index in [1.807, 2.05) is 13.8 Å². The lowest BCUT2D eigenvalue weighted by Gasteiger charge is -2.38. The highest BCUT2D eigenvalue weighted by Crippen LogP contribution is 2.26. The van der Waals surface area contributed by atoms with Crippen LogP contribution in [0.5, 0.6) is 0 Å². The number of thioether (sulfide) groups is 1. The van der Waals surface area contributed by atoms with Crippen LogP contribution in [-0.4, -0.2) is 40.2 Å². The largest absolute Gasteiger partial charge is 0.481 e. The molecular formula is C17H22FNO3S. The van der Waals surface area contributed by atoms with E-state index in [4.69, 9.17) is 5.11 Å². The number of hydrogen-bond donors (Lipinski definition) is 1. The maximum absolute atomic E-state index is 12.9. The number of piperidine rings is 1. The van der Waals surface area contributed by atoms with Gasteiger partial charge in [0.2, 0.25) is 5.91 Å². The van der Waals surface area contributed by atoms with Crippen LogP contribution in [0.2, 0.25) is 0 Å². The van der Waals surface area contributed by atoms with Crippen LogP contribution in [0.3, 0.4) is 0 Å². The molecule has 0 aliphatic carbocycles. The Morgan fingerprint density at radius 3 is 2.61 bits per heavy atom. The number of halogens is 1. The number of benzene rings is 1. The van der Waals surface area contributed by atoms with E-state index in [9.17, 15) is 14.0 Å². The van der Waals surface area contributed by atoms with Crippen molar-refractivity contribution in [3.63, 3.8) is 0 Å². The normalized spacial score (nSPS) is 22.7. The molecule has 126 valence electrons. The molecule has 0 radical (unpaired) electrons. The van der Waals surface area contributed by atoms with E-state index >= 15 is 0 Å². The Kier molecular flexibility index (Phi) is 6.04. The molecule has 1 fully saturated rings. The fourth-order valence-electron chi connectivity index (χ4n) is 2.72. The summed E-state index contributed by atoms with van der Waals surface area (Å²) in [5, 5.41) is 9.16. The Bertz CT molecular complexity index is 563. The first-order valence-corrected chi connectivity index (χ1v) is 8.78. The van der Waals surface area contributed by atoms with Gasteiger partial charge in [-0.15, -0.1) is 11.8 Å². The van der Waals surface area contributed by atoms with Gasteiger partial charge in [-0.2, -0.15) is 0 Å². The highest BCUT2D eigenvalue weighted by atomic mass is 32.2. The van der Waals surface area contributed by atoms with Crippen molar-refractivity contribution in [2.45, 2.75) is 37.6 Å². The second kappa shape index (κ2) is 7.81. The SMILES string of the molecule is CC(CSc1ccc(F)cc1)C(=O)N1CC(C(=O)O)CCC1C. The molecule has 1 aliphatic heterocycles. The summed E-state index contributed by atoms with van der Waals surface area (Å²) < 4.78 is 12.9. The lowest BCUT2D eigenvalue weighted by molar-refractivity contribution is -0.148. The lowest BCUT2D eigenvalue weighted by Crippen LogP contribution is -2.49. The first-order valence-electron chi connectivity index (χ1n) is 7.80. The zero-order valence-corrected chi connectivity index (χ0v) is 14.2. The number of carbonyl (C=O) groups excluding carboxylic acids is 1. The summed E-state index contributed by atoms with van der Waals surface area (Å²) in [5.74, 6) is -1.20. The minimum Gasteiger partial charge on any atom is -0.481 e. The highest BCUT2D eigenvalue weighted by Gasteiger charge is 2.34. The molecule has 1 aliphatic rings. The maximum Gasteiger partial charge on any atom is 0.308 e. The second-order valence-corrected chi connectivity index (χ2v) is 7.21. The van der Waals surface area contributed by atoms with Crippen LogP contribution in [0.4, 0.5) is 4.39 Å². The van der Waals surface area contributed by atoms with Crippen molar-refractivity contribution in [3.05, 3.63) is 30.1 Å². The van der Waals surface area contributed by atoms with Gasteiger partial charge in [-0.3, -0.25) is 9.59 Å². The minimum absolute atomic E-state index is 0.00179. The van der Waals surface area contributed by atoms with E-state index < -0.39 is 11.9 Å². The van der Waals surface area contributed by atoms with Gasteiger partial charge in [0.1, 0.15) is 5.82 Å². The van der Waals surface area contributed by atoms with Crippen molar-refractivity contribution in [1.82, 2.24) is 4.90 Å². The zero-order chi connectivity index (χ0) is 17.0. The summed E-state index contributed by atoms with van der Waals surface area (Å²) >= 11 is 1.51. The van der Waals surface area contributed by atoms with E-state index in [2.05, 4.69) is 0 Å². The van der Waals surface area contributed by atoms with Crippen LogP contribution in [0.25, 0.3) is 0 Å². The number of likely N-dealkylation sites (tertiary alicyclic amines) is 1. The Labute approximate surface area is 140 Å². The Morgan fingerprint density at radius 1 is 1.35 bits per heavy atom. The van der Waals surface area contributed by atoms with Gasteiger partial charge >= 0.3 is 5.97 Å². The Morgan fingerprint density at radius 2 is 2.00 bits per heavy atom. The standard InChI is InChI=1S/C17H22FNO3S/c1-11(10-23-15-7-5-14(18)6-8-15)16(20)19-9-13(17(21)22)4-3-12(19)2/h5-8,11-13H,3-4,9-10H2,1-2H3,(H,21,22). The van der Waals surface area contributed by atoms with Crippen molar-refractivity contribution < 1.29 is 19.1 Å². The molecule has 1 saturated heterocycles. The third kappa shape index (κ3) is 4.70. The molecule has 1 aromatic carbocycles. The van der Waals surface area contributed by atoms with Crippen LogP contribution in [0.15, 0.2) is 29.2 Å². The summed E-state index contributed by atoms with van der Waals surface area (Å²) in [7, 11) is 0. The summed E-state index contributed by atoms with van der Waals surface area (Å²) in [6.07, 6.45) is 1.35. The van der Waals surface area contributed by atoms with Gasteiger partial charge in [-0.05, 0) is 44.0 Å². The molecule has 1 N–H and O–H groups in total. The minimum atomic E-state index is -0.831. The van der Waals surface area contributed by atoms with Gasteiger partial charge in [0, 0.05) is 29.2 Å². The van der Waals surface area contributed by atoms with Gasteiger partial charge < -0.3 is 10.0 Å². The molecular weight excluding hydrogens is 317 g/mol. The number of carbonyl (C=O) groups is 2. The summed E-state index contributed by atoms with van der Waals surface area (Å²) in [4.78, 5) is 26.4. The van der Waals surface area contributed by atoms with Gasteiger partial charge in [-0.25, -0.2) is 4.39 Å². The van der Waals surface area contributed by atoms with Crippen LogP contribution in [-0.2, 0) is 9.59 Å². The van der Waals surface area contributed by atoms with E-state index in [1.54, 1.807) is 17.0 Å². The van der Waals surface area contributed by atoms with Crippen molar-refractivity contribution in [3.8, 4) is 0 Å². The first-order chi connectivity index (χ1) is 10.9. The summed E-state index contributed by atoms with van der Waals surface area (Å²) in [6.45, 7) is 4.12. The third-order valence-corrected chi connectivity index (χ3v) is 5.52. The van der Waals surface area contributed by atoms with E-state index in [0.717, 1.165) is 11.3 Å². The zero-order valence-electron chi connectivity index (χ0n) is 13.4. The molecule has 1 amide bonds. The predicted molar refractivity (Wildman–Crippen MR) is 87.8 cm³/mol. The summed E-state index contributed by atoms with van der Waals surface area (Å²) in [5.41, 5.74) is 0. The fourth-order valence-corrected chi connectivity index (χ4v) is 3.64. The quantitative estimate of drug-likeness (QED) is 0.837. The number of carboxylic acid groups (broad SMARTS) is 1. The van der Waals surface area contributed by atoms with Crippen molar-refractivity contribution in [2.75, 3.05) is 12.3 Å². The molecule has 4 nitrogen and oxygen atoms in total. The number of aliphatic carboxylic acids is 1. The van der Waals surface area contributed by atoms with Gasteiger partial charge in [0.25, 0.3) is 0 Å². The van der Waals surface area contributed by atoms with Gasteiger partial charge in [-0.1, -0.05) is 6.92 Å². The van der Waals surface area contributed by atoms with E-state index in [0.29, 0.717) is 18.7 Å². The van der Waals surface area contributed by atoms with E-state index in [-0.39, 0.29) is 23.7 Å². The fraction of sp³-hybridized carbons (Fsp3) is 0.529. The third-order valence-electron chi connectivity index (χ3n) is 4.25. The number of rotatable bonds is 5. The van der Waals surface area contributed by atoms with E-state index in [1.165, 1.54) is 23.9 Å². The van der Waals surface area contributed by atoms with Crippen molar-refractivity contribution >= 4 is 23.6 Å². The monoisotopic (exact) mass is 339 g/mol. The maximum atomic E-state index is 12.9. The molecule has 23 heavy (non-hydrogen) atoms. The average molecular weight is 339 g/mol. The molecule has 3 unspecified atom stereocenters. The van der Waals surface area contributed by atoms with Crippen LogP contribution < -0.4 is 0 Å². The van der Waals surface area contributed by atoms with Gasteiger partial charge in [0.15, 0.2) is 0 Å². The molecule has 0 aromatic heterocycles. The van der Waals surface area contributed by atoms with Gasteiger partial charge in [0.05, 0.1) is 5.92 Å². The predicted octanol–water partition coefficient (Wildman–Crippen LogP) is 3.27. The number of hydrogen-bond acceptors (Lipinski definition) is 3. The molecule has 2 rings (SSSR count). The van der Waals surface area contributed by atoms with Crippen LogP contribution >= 0.6 is 11.8 Å². The lowest BCUT2D eigenvalue weighted by atomic mass is 9.92. The summed E-state index contributed by atoms with van der Waals surface area (Å²) in [6, 6.07) is 6.27. The average Bonchev–Trinajstić information content (AvgIpc) is 2.53. The number of carboxylic acids is 1. The molecule has 0 spiro atoms. The molecule has 3 atom stereocenters.